The molecule has 0 saturated heterocycles. The van der Waals surface area contributed by atoms with Crippen LogP contribution in [0.3, 0.4) is 0 Å². The molecule has 0 aromatic heterocycles. The topological polar surface area (TPSA) is 81.7 Å². The van der Waals surface area contributed by atoms with E-state index in [0.29, 0.717) is 13.0 Å². The van der Waals surface area contributed by atoms with Gasteiger partial charge in [-0.1, -0.05) is 20.8 Å². The van der Waals surface area contributed by atoms with Crippen molar-refractivity contribution >= 4 is 11.9 Å². The number of amides is 3. The highest BCUT2D eigenvalue weighted by molar-refractivity contribution is 5.95. The summed E-state index contributed by atoms with van der Waals surface area (Å²) in [6, 6.07) is -0.502. The summed E-state index contributed by atoms with van der Waals surface area (Å²) < 4.78 is 0. The smallest absolute Gasteiger partial charge is 0.321 e. The Morgan fingerprint density at radius 1 is 1.28 bits per heavy atom. The molecule has 3 amide bonds. The van der Waals surface area contributed by atoms with Crippen LogP contribution in [0.4, 0.5) is 4.79 Å². The van der Waals surface area contributed by atoms with Crippen LogP contribution in [0.5, 0.6) is 0 Å². The summed E-state index contributed by atoms with van der Waals surface area (Å²) in [5.74, 6) is -0.337. The Labute approximate surface area is 109 Å². The maximum absolute atomic E-state index is 11.6. The Kier molecular flexibility index (Phi) is 7.54. The van der Waals surface area contributed by atoms with Crippen LogP contribution in [0.1, 0.15) is 27.2 Å². The highest BCUT2D eigenvalue weighted by atomic mass is 16.3. The molecule has 0 spiro atoms. The average molecular weight is 259 g/mol. The van der Waals surface area contributed by atoms with Crippen LogP contribution in [0.15, 0.2) is 0 Å². The van der Waals surface area contributed by atoms with E-state index in [1.165, 1.54) is 7.05 Å². The normalized spacial score (nSPS) is 11.4. The van der Waals surface area contributed by atoms with Crippen molar-refractivity contribution in [1.82, 2.24) is 15.5 Å². The van der Waals surface area contributed by atoms with E-state index in [2.05, 4.69) is 31.4 Å². The van der Waals surface area contributed by atoms with Crippen LogP contribution < -0.4 is 10.6 Å². The minimum absolute atomic E-state index is 0.0583. The zero-order valence-electron chi connectivity index (χ0n) is 11.7. The van der Waals surface area contributed by atoms with Crippen LogP contribution in [0.2, 0.25) is 0 Å². The van der Waals surface area contributed by atoms with Crippen LogP contribution >= 0.6 is 0 Å². The predicted molar refractivity (Wildman–Crippen MR) is 70.2 cm³/mol. The third-order valence-electron chi connectivity index (χ3n) is 2.18. The zero-order chi connectivity index (χ0) is 14.2. The van der Waals surface area contributed by atoms with Gasteiger partial charge in [0.05, 0.1) is 6.54 Å². The van der Waals surface area contributed by atoms with Crippen molar-refractivity contribution in [3.05, 3.63) is 0 Å². The summed E-state index contributed by atoms with van der Waals surface area (Å²) in [7, 11) is 1.46. The maximum atomic E-state index is 11.6. The van der Waals surface area contributed by atoms with Crippen molar-refractivity contribution in [3.8, 4) is 0 Å². The fraction of sp³-hybridized carbons (Fsp3) is 0.833. The van der Waals surface area contributed by atoms with Gasteiger partial charge in [-0.2, -0.15) is 0 Å². The molecule has 0 aliphatic carbocycles. The van der Waals surface area contributed by atoms with Crippen LogP contribution in [0.25, 0.3) is 0 Å². The molecule has 0 aliphatic rings. The first-order valence-electron chi connectivity index (χ1n) is 6.13. The Bertz CT molecular complexity index is 274. The van der Waals surface area contributed by atoms with Gasteiger partial charge in [0.1, 0.15) is 0 Å². The molecule has 0 radical (unpaired) electrons. The number of aliphatic hydroxyl groups excluding tert-OH is 1. The number of nitrogens with zero attached hydrogens (tertiary/aromatic N) is 1. The minimum Gasteiger partial charge on any atom is -0.396 e. The van der Waals surface area contributed by atoms with E-state index < -0.39 is 6.03 Å². The van der Waals surface area contributed by atoms with Crippen molar-refractivity contribution in [2.45, 2.75) is 27.2 Å². The number of rotatable bonds is 6. The lowest BCUT2D eigenvalue weighted by Gasteiger charge is -2.29. The lowest BCUT2D eigenvalue weighted by Crippen LogP contribution is -2.45. The molecular formula is C12H25N3O3. The van der Waals surface area contributed by atoms with Crippen LogP contribution in [-0.4, -0.2) is 55.2 Å². The fourth-order valence-electron chi connectivity index (χ4n) is 1.61. The van der Waals surface area contributed by atoms with E-state index in [0.717, 1.165) is 6.54 Å². The Hall–Kier alpha value is -1.14. The van der Waals surface area contributed by atoms with Crippen molar-refractivity contribution in [2.24, 2.45) is 5.41 Å². The third kappa shape index (κ3) is 8.95. The molecule has 6 nitrogen and oxygen atoms in total. The minimum atomic E-state index is -0.502. The van der Waals surface area contributed by atoms with Gasteiger partial charge in [0.15, 0.2) is 0 Å². The second-order valence-corrected chi connectivity index (χ2v) is 5.48. The molecule has 0 bridgehead atoms. The molecule has 0 saturated carbocycles. The number of carbonyl (C=O) groups is 2. The number of aliphatic hydroxyl groups is 1. The SMILES string of the molecule is CNC(=O)NC(=O)CN(CCCO)CC(C)(C)C. The Balaban J connectivity index is 4.30. The summed E-state index contributed by atoms with van der Waals surface area (Å²) in [6.45, 7) is 7.85. The van der Waals surface area contributed by atoms with Gasteiger partial charge in [0, 0.05) is 26.7 Å². The molecule has 0 heterocycles. The number of hydrogen-bond donors (Lipinski definition) is 3. The first kappa shape index (κ1) is 16.9. The van der Waals surface area contributed by atoms with Gasteiger partial charge in [-0.05, 0) is 11.8 Å². The van der Waals surface area contributed by atoms with Crippen molar-refractivity contribution < 1.29 is 14.7 Å². The van der Waals surface area contributed by atoms with Gasteiger partial charge in [-0.25, -0.2) is 4.79 Å². The number of carbonyl (C=O) groups excluding carboxylic acids is 2. The van der Waals surface area contributed by atoms with Crippen molar-refractivity contribution in [3.63, 3.8) is 0 Å². The monoisotopic (exact) mass is 259 g/mol. The van der Waals surface area contributed by atoms with Crippen molar-refractivity contribution in [2.75, 3.05) is 33.3 Å². The molecule has 18 heavy (non-hydrogen) atoms. The average Bonchev–Trinajstić information content (AvgIpc) is 2.23. The first-order chi connectivity index (χ1) is 8.28. The second-order valence-electron chi connectivity index (χ2n) is 5.48. The van der Waals surface area contributed by atoms with Gasteiger partial charge < -0.3 is 10.4 Å². The van der Waals surface area contributed by atoms with Crippen LogP contribution in [0, 0.1) is 5.41 Å². The van der Waals surface area contributed by atoms with Crippen LogP contribution in [-0.2, 0) is 4.79 Å². The number of imide groups is 1. The van der Waals surface area contributed by atoms with E-state index in [1.807, 2.05) is 4.90 Å². The van der Waals surface area contributed by atoms with E-state index in [-0.39, 0.29) is 24.5 Å². The maximum Gasteiger partial charge on any atom is 0.321 e. The van der Waals surface area contributed by atoms with Gasteiger partial charge >= 0.3 is 6.03 Å². The first-order valence-corrected chi connectivity index (χ1v) is 6.13. The van der Waals surface area contributed by atoms with E-state index in [1.54, 1.807) is 0 Å². The summed E-state index contributed by atoms with van der Waals surface area (Å²) in [5, 5.41) is 13.4. The number of nitrogens with one attached hydrogen (secondary N) is 2. The largest absolute Gasteiger partial charge is 0.396 e. The number of urea groups is 1. The lowest BCUT2D eigenvalue weighted by atomic mass is 9.96. The lowest BCUT2D eigenvalue weighted by molar-refractivity contribution is -0.121. The fourth-order valence-corrected chi connectivity index (χ4v) is 1.61. The Morgan fingerprint density at radius 3 is 2.33 bits per heavy atom. The van der Waals surface area contributed by atoms with Gasteiger partial charge in [-0.3, -0.25) is 15.0 Å². The predicted octanol–water partition coefficient (Wildman–Crippen LogP) is 0.173. The summed E-state index contributed by atoms with van der Waals surface area (Å²) in [4.78, 5) is 24.5. The Morgan fingerprint density at radius 2 is 1.89 bits per heavy atom. The molecule has 0 aromatic carbocycles. The van der Waals surface area contributed by atoms with E-state index in [4.69, 9.17) is 5.11 Å². The number of hydrogen-bond acceptors (Lipinski definition) is 4. The standard InChI is InChI=1S/C12H25N3O3/c1-12(2,3)9-15(6-5-7-16)8-10(17)14-11(18)13-4/h16H,5-9H2,1-4H3,(H2,13,14,17,18). The van der Waals surface area contributed by atoms with Crippen molar-refractivity contribution in [1.29, 1.82) is 0 Å². The molecule has 106 valence electrons. The molecule has 0 fully saturated rings. The molecule has 0 aromatic rings. The molecule has 0 aliphatic heterocycles. The van der Waals surface area contributed by atoms with E-state index >= 15 is 0 Å². The summed E-state index contributed by atoms with van der Waals surface area (Å²) in [5.41, 5.74) is 0.0583. The van der Waals surface area contributed by atoms with Gasteiger partial charge in [-0.15, -0.1) is 0 Å². The van der Waals surface area contributed by atoms with Gasteiger partial charge in [0.2, 0.25) is 5.91 Å². The molecule has 0 unspecified atom stereocenters. The highest BCUT2D eigenvalue weighted by Crippen LogP contribution is 2.15. The highest BCUT2D eigenvalue weighted by Gasteiger charge is 2.19. The molecule has 3 N–H and O–H groups in total. The summed E-state index contributed by atoms with van der Waals surface area (Å²) >= 11 is 0. The zero-order valence-corrected chi connectivity index (χ0v) is 11.7. The second kappa shape index (κ2) is 8.05. The summed E-state index contributed by atoms with van der Waals surface area (Å²) in [6.07, 6.45) is 0.614. The molecule has 6 heteroatoms. The molecule has 0 atom stereocenters. The van der Waals surface area contributed by atoms with E-state index in [9.17, 15) is 9.59 Å². The quantitative estimate of drug-likeness (QED) is 0.635. The third-order valence-corrected chi connectivity index (χ3v) is 2.18. The molecule has 0 rings (SSSR count). The molecular weight excluding hydrogens is 234 g/mol. The van der Waals surface area contributed by atoms with Gasteiger partial charge in [0.25, 0.3) is 0 Å².